The quantitative estimate of drug-likeness (QED) is 0.911. The first-order valence-electron chi connectivity index (χ1n) is 6.48. The fourth-order valence-corrected chi connectivity index (χ4v) is 2.86. The number of rotatable bonds is 5. The van der Waals surface area contributed by atoms with Gasteiger partial charge in [-0.3, -0.25) is 4.68 Å². The number of methoxy groups -OCH3 is 1. The molecule has 5 heteroatoms. The lowest BCUT2D eigenvalue weighted by molar-refractivity contribution is -0.0137. The summed E-state index contributed by atoms with van der Waals surface area (Å²) >= 11 is 3.52. The van der Waals surface area contributed by atoms with Gasteiger partial charge in [0.15, 0.2) is 0 Å². The van der Waals surface area contributed by atoms with E-state index in [1.807, 2.05) is 44.3 Å². The molecule has 108 valence electrons. The Balaban J connectivity index is 2.20. The number of nitrogens with zero attached hydrogens (tertiary/aromatic N) is 2. The van der Waals surface area contributed by atoms with Gasteiger partial charge >= 0.3 is 0 Å². The summed E-state index contributed by atoms with van der Waals surface area (Å²) in [5.74, 6) is 0. The van der Waals surface area contributed by atoms with Crippen molar-refractivity contribution in [2.24, 2.45) is 7.05 Å². The van der Waals surface area contributed by atoms with Crippen LogP contribution in [0.25, 0.3) is 0 Å². The number of aliphatic hydroxyl groups is 1. The van der Waals surface area contributed by atoms with Gasteiger partial charge < -0.3 is 9.84 Å². The van der Waals surface area contributed by atoms with Crippen LogP contribution in [0.3, 0.4) is 0 Å². The highest BCUT2D eigenvalue weighted by atomic mass is 79.9. The van der Waals surface area contributed by atoms with Gasteiger partial charge in [-0.05, 0) is 28.4 Å². The van der Waals surface area contributed by atoms with Gasteiger partial charge in [0.1, 0.15) is 6.10 Å². The molecule has 0 saturated carbocycles. The van der Waals surface area contributed by atoms with Crippen LogP contribution in [0.2, 0.25) is 0 Å². The second-order valence-electron chi connectivity index (χ2n) is 4.81. The van der Waals surface area contributed by atoms with Crippen molar-refractivity contribution in [2.75, 3.05) is 7.11 Å². The minimum Gasteiger partial charge on any atom is -0.390 e. The summed E-state index contributed by atoms with van der Waals surface area (Å²) in [7, 11) is 3.49. The van der Waals surface area contributed by atoms with Gasteiger partial charge in [0.2, 0.25) is 0 Å². The number of aryl methyl sites for hydroxylation is 2. The van der Waals surface area contributed by atoms with Gasteiger partial charge in [-0.1, -0.05) is 30.3 Å². The Morgan fingerprint density at radius 3 is 2.50 bits per heavy atom. The molecular weight excluding hydrogens is 320 g/mol. The van der Waals surface area contributed by atoms with E-state index in [1.54, 1.807) is 11.8 Å². The third-order valence-electron chi connectivity index (χ3n) is 3.40. The molecule has 2 atom stereocenters. The minimum atomic E-state index is -0.631. The zero-order valence-electron chi connectivity index (χ0n) is 11.9. The molecule has 4 nitrogen and oxygen atoms in total. The zero-order valence-corrected chi connectivity index (χ0v) is 13.5. The van der Waals surface area contributed by atoms with Crippen LogP contribution in [0, 0.1) is 6.92 Å². The van der Waals surface area contributed by atoms with Crippen molar-refractivity contribution in [3.8, 4) is 0 Å². The highest BCUT2D eigenvalue weighted by molar-refractivity contribution is 9.10. The van der Waals surface area contributed by atoms with Crippen molar-refractivity contribution in [3.05, 3.63) is 51.8 Å². The van der Waals surface area contributed by atoms with Crippen molar-refractivity contribution in [3.63, 3.8) is 0 Å². The van der Waals surface area contributed by atoms with Crippen LogP contribution in [0.4, 0.5) is 0 Å². The van der Waals surface area contributed by atoms with E-state index < -0.39 is 6.10 Å². The molecule has 0 fully saturated rings. The Morgan fingerprint density at radius 1 is 1.35 bits per heavy atom. The number of aliphatic hydroxyl groups excluding tert-OH is 1. The molecule has 0 spiro atoms. The average Bonchev–Trinajstić information content (AvgIpc) is 2.67. The standard InChI is InChI=1S/C15H19BrN2O2/c1-10-14(16)12(18(2)17-10)9-13(19)15(20-3)11-7-5-4-6-8-11/h4-8,13,15,19H,9H2,1-3H3. The molecule has 0 aliphatic heterocycles. The van der Waals surface area contributed by atoms with E-state index in [0.717, 1.165) is 21.4 Å². The minimum absolute atomic E-state index is 0.349. The monoisotopic (exact) mass is 338 g/mol. The molecule has 1 heterocycles. The van der Waals surface area contributed by atoms with Crippen molar-refractivity contribution >= 4 is 15.9 Å². The van der Waals surface area contributed by atoms with Crippen LogP contribution >= 0.6 is 15.9 Å². The molecule has 1 aromatic heterocycles. The van der Waals surface area contributed by atoms with Crippen molar-refractivity contribution in [1.82, 2.24) is 9.78 Å². The normalized spacial score (nSPS) is 14.2. The lowest BCUT2D eigenvalue weighted by atomic mass is 10.0. The third kappa shape index (κ3) is 3.11. The van der Waals surface area contributed by atoms with Crippen LogP contribution in [0.5, 0.6) is 0 Å². The molecule has 0 aliphatic carbocycles. The Bertz CT molecular complexity index is 569. The molecule has 0 radical (unpaired) electrons. The maximum atomic E-state index is 10.5. The van der Waals surface area contributed by atoms with Crippen LogP contribution in [0.15, 0.2) is 34.8 Å². The van der Waals surface area contributed by atoms with Gasteiger partial charge in [0.25, 0.3) is 0 Å². The van der Waals surface area contributed by atoms with E-state index in [0.29, 0.717) is 6.42 Å². The Kier molecular flexibility index (Phi) is 4.96. The molecule has 2 unspecified atom stereocenters. The topological polar surface area (TPSA) is 47.3 Å². The largest absolute Gasteiger partial charge is 0.390 e. The lowest BCUT2D eigenvalue weighted by Crippen LogP contribution is -2.24. The first-order valence-corrected chi connectivity index (χ1v) is 7.27. The number of benzene rings is 1. The molecule has 1 N–H and O–H groups in total. The van der Waals surface area contributed by atoms with Crippen LogP contribution < -0.4 is 0 Å². The summed E-state index contributed by atoms with van der Waals surface area (Å²) in [4.78, 5) is 0. The van der Waals surface area contributed by atoms with Gasteiger partial charge in [-0.15, -0.1) is 0 Å². The number of hydrogen-bond donors (Lipinski definition) is 1. The first kappa shape index (κ1) is 15.2. The van der Waals surface area contributed by atoms with E-state index in [2.05, 4.69) is 21.0 Å². The highest BCUT2D eigenvalue weighted by Gasteiger charge is 2.24. The Labute approximate surface area is 127 Å². The molecule has 1 aromatic carbocycles. The summed E-state index contributed by atoms with van der Waals surface area (Å²) in [5.41, 5.74) is 2.86. The van der Waals surface area contributed by atoms with Crippen LogP contribution in [-0.2, 0) is 18.2 Å². The van der Waals surface area contributed by atoms with E-state index in [4.69, 9.17) is 4.74 Å². The molecule has 0 saturated heterocycles. The predicted octanol–water partition coefficient (Wildman–Crippen LogP) is 2.78. The van der Waals surface area contributed by atoms with Gasteiger partial charge in [0.05, 0.1) is 22.0 Å². The van der Waals surface area contributed by atoms with Gasteiger partial charge in [-0.2, -0.15) is 5.10 Å². The molecular formula is C15H19BrN2O2. The van der Waals surface area contributed by atoms with E-state index >= 15 is 0 Å². The maximum absolute atomic E-state index is 10.5. The molecule has 2 rings (SSSR count). The molecule has 2 aromatic rings. The summed E-state index contributed by atoms with van der Waals surface area (Å²) < 4.78 is 8.20. The average molecular weight is 339 g/mol. The molecule has 20 heavy (non-hydrogen) atoms. The van der Waals surface area contributed by atoms with Crippen molar-refractivity contribution in [1.29, 1.82) is 0 Å². The van der Waals surface area contributed by atoms with Gasteiger partial charge in [-0.25, -0.2) is 0 Å². The van der Waals surface area contributed by atoms with Crippen molar-refractivity contribution in [2.45, 2.75) is 25.6 Å². The number of halogens is 1. The second kappa shape index (κ2) is 6.52. The van der Waals surface area contributed by atoms with Crippen LogP contribution in [-0.4, -0.2) is 28.1 Å². The Hall–Kier alpha value is -1.17. The van der Waals surface area contributed by atoms with E-state index in [-0.39, 0.29) is 6.10 Å². The summed E-state index contributed by atoms with van der Waals surface area (Å²) in [6.07, 6.45) is -0.502. The van der Waals surface area contributed by atoms with Gasteiger partial charge in [0, 0.05) is 20.6 Å². The Morgan fingerprint density at radius 2 is 2.00 bits per heavy atom. The van der Waals surface area contributed by atoms with Crippen LogP contribution in [0.1, 0.15) is 23.1 Å². The fraction of sp³-hybridized carbons (Fsp3) is 0.400. The smallest absolute Gasteiger partial charge is 0.108 e. The lowest BCUT2D eigenvalue weighted by Gasteiger charge is -2.22. The summed E-state index contributed by atoms with van der Waals surface area (Å²) in [6, 6.07) is 9.75. The number of hydrogen-bond acceptors (Lipinski definition) is 3. The summed E-state index contributed by atoms with van der Waals surface area (Å²) in [6.45, 7) is 1.94. The maximum Gasteiger partial charge on any atom is 0.108 e. The third-order valence-corrected chi connectivity index (χ3v) is 4.43. The summed E-state index contributed by atoms with van der Waals surface area (Å²) in [5, 5.41) is 14.8. The highest BCUT2D eigenvalue weighted by Crippen LogP contribution is 2.27. The second-order valence-corrected chi connectivity index (χ2v) is 5.60. The van der Waals surface area contributed by atoms with E-state index in [1.165, 1.54) is 0 Å². The molecule has 0 amide bonds. The SMILES string of the molecule is COC(c1ccccc1)C(O)Cc1c(Br)c(C)nn1C. The number of ether oxygens (including phenoxy) is 1. The predicted molar refractivity (Wildman–Crippen MR) is 81.5 cm³/mol. The first-order chi connectivity index (χ1) is 9.54. The van der Waals surface area contributed by atoms with E-state index in [9.17, 15) is 5.11 Å². The molecule has 0 aliphatic rings. The molecule has 0 bridgehead atoms. The number of aromatic nitrogens is 2. The fourth-order valence-electron chi connectivity index (χ4n) is 2.37. The zero-order chi connectivity index (χ0) is 14.7. The van der Waals surface area contributed by atoms with Crippen molar-refractivity contribution < 1.29 is 9.84 Å².